The Labute approximate surface area is 186 Å². The van der Waals surface area contributed by atoms with Crippen LogP contribution in [0.1, 0.15) is 78.1 Å². The largest absolute Gasteiger partial charge is 0.391 e. The summed E-state index contributed by atoms with van der Waals surface area (Å²) in [5.74, 6) is 0.438. The number of nitrogens with one attached hydrogen (secondary N) is 1. The van der Waals surface area contributed by atoms with Gasteiger partial charge in [0.25, 0.3) is 0 Å². The van der Waals surface area contributed by atoms with Crippen LogP contribution in [0.4, 0.5) is 0 Å². The molecule has 1 saturated heterocycles. The molecule has 5 nitrogen and oxygen atoms in total. The zero-order valence-corrected chi connectivity index (χ0v) is 19.3. The van der Waals surface area contributed by atoms with Gasteiger partial charge >= 0.3 is 0 Å². The van der Waals surface area contributed by atoms with Crippen LogP contribution < -0.4 is 5.32 Å². The van der Waals surface area contributed by atoms with Gasteiger partial charge in [0.05, 0.1) is 5.71 Å². The van der Waals surface area contributed by atoms with Gasteiger partial charge in [-0.05, 0) is 87.0 Å². The van der Waals surface area contributed by atoms with Crippen LogP contribution in [0.3, 0.4) is 0 Å². The van der Waals surface area contributed by atoms with Gasteiger partial charge < -0.3 is 10.2 Å². The lowest BCUT2D eigenvalue weighted by molar-refractivity contribution is -0.164. The molecule has 1 N–H and O–H groups in total. The molecule has 0 aromatic carbocycles. The van der Waals surface area contributed by atoms with Crippen LogP contribution >= 0.6 is 12.4 Å². The molecule has 0 radical (unpaired) electrons. The van der Waals surface area contributed by atoms with Crippen molar-refractivity contribution in [2.45, 2.75) is 84.2 Å². The van der Waals surface area contributed by atoms with E-state index in [2.05, 4.69) is 24.3 Å². The Morgan fingerprint density at radius 3 is 2.60 bits per heavy atom. The Morgan fingerprint density at radius 1 is 1.00 bits per heavy atom. The van der Waals surface area contributed by atoms with Crippen molar-refractivity contribution in [2.24, 2.45) is 39.7 Å². The Hall–Kier alpha value is -0.940. The van der Waals surface area contributed by atoms with E-state index in [1.54, 1.807) is 0 Å². The van der Waals surface area contributed by atoms with Crippen LogP contribution in [-0.2, 0) is 14.4 Å². The first-order chi connectivity index (χ1) is 13.9. The maximum atomic E-state index is 13.3. The standard InChI is InChI=1S/C24H36N2O3.ClH/c1-23-9-3-6-17(23)20-18(8-10-23)24(2)11-7-15(13-19(24)21(27)22(20)28)26-29-16-5-4-12-25-14-16;/h16-20,25H,3-14H2,1-2H3;1H/t16-,17+,18+,19-,20+,23+,24-;/m1./s1. The smallest absolute Gasteiger partial charge is 0.202 e. The van der Waals surface area contributed by atoms with Crippen LogP contribution in [0.15, 0.2) is 5.16 Å². The second-order valence-electron chi connectivity index (χ2n) is 11.0. The Bertz CT molecular complexity index is 734. The highest BCUT2D eigenvalue weighted by Crippen LogP contribution is 2.64. The number of halogens is 1. The molecule has 30 heavy (non-hydrogen) atoms. The Morgan fingerprint density at radius 2 is 1.83 bits per heavy atom. The normalized spacial score (nSPS) is 47.1. The number of oxime groups is 1. The summed E-state index contributed by atoms with van der Waals surface area (Å²) in [4.78, 5) is 32.4. The number of carbonyl (C=O) groups excluding carboxylic acids is 2. The molecular weight excluding hydrogens is 400 g/mol. The van der Waals surface area contributed by atoms with E-state index in [-0.39, 0.29) is 52.7 Å². The van der Waals surface area contributed by atoms with Gasteiger partial charge in [-0.25, -0.2) is 0 Å². The first kappa shape index (κ1) is 22.3. The van der Waals surface area contributed by atoms with Gasteiger partial charge in [-0.1, -0.05) is 25.4 Å². The molecule has 0 bridgehead atoms. The first-order valence-corrected chi connectivity index (χ1v) is 11.9. The number of rotatable bonds is 2. The maximum Gasteiger partial charge on any atom is 0.202 e. The third-order valence-corrected chi connectivity index (χ3v) is 9.53. The molecule has 5 fully saturated rings. The fraction of sp³-hybridized carbons (Fsp3) is 0.875. The molecule has 5 aliphatic rings. The molecular formula is C24H37ClN2O3. The van der Waals surface area contributed by atoms with Crippen molar-refractivity contribution in [3.05, 3.63) is 0 Å². The van der Waals surface area contributed by atoms with Crippen molar-refractivity contribution >= 4 is 29.7 Å². The number of fused-ring (bicyclic) bond motifs is 5. The lowest BCUT2D eigenvalue weighted by Gasteiger charge is -2.58. The van der Waals surface area contributed by atoms with Gasteiger partial charge in [0.1, 0.15) is 6.10 Å². The minimum absolute atomic E-state index is 0. The maximum absolute atomic E-state index is 13.3. The van der Waals surface area contributed by atoms with E-state index < -0.39 is 0 Å². The van der Waals surface area contributed by atoms with Crippen LogP contribution in [0.5, 0.6) is 0 Å². The summed E-state index contributed by atoms with van der Waals surface area (Å²) in [5.41, 5.74) is 1.22. The molecule has 168 valence electrons. The molecule has 7 atom stereocenters. The average Bonchev–Trinajstić information content (AvgIpc) is 3.13. The monoisotopic (exact) mass is 436 g/mol. The van der Waals surface area contributed by atoms with E-state index in [4.69, 9.17) is 4.84 Å². The number of ketones is 2. The molecule has 0 aromatic heterocycles. The third-order valence-electron chi connectivity index (χ3n) is 9.53. The van der Waals surface area contributed by atoms with Crippen molar-refractivity contribution in [3.8, 4) is 0 Å². The SMILES string of the molecule is C[C@@]12CCC[C@H]1[C@@H]1C(=O)C(=O)[C@H]3CC(=NO[C@@H]4CCCNC4)CC[C@]3(C)[C@H]1CC2.Cl. The van der Waals surface area contributed by atoms with Crippen LogP contribution in [0.2, 0.25) is 0 Å². The lowest BCUT2D eigenvalue weighted by atomic mass is 9.44. The summed E-state index contributed by atoms with van der Waals surface area (Å²) in [6.07, 6.45) is 10.7. The minimum Gasteiger partial charge on any atom is -0.391 e. The highest BCUT2D eigenvalue weighted by Gasteiger charge is 2.63. The molecule has 5 rings (SSSR count). The predicted octanol–water partition coefficient (Wildman–Crippen LogP) is 4.32. The van der Waals surface area contributed by atoms with E-state index in [1.807, 2.05) is 0 Å². The van der Waals surface area contributed by atoms with Crippen molar-refractivity contribution in [1.29, 1.82) is 0 Å². The fourth-order valence-corrected chi connectivity index (χ4v) is 7.71. The molecule has 4 saturated carbocycles. The van der Waals surface area contributed by atoms with E-state index in [0.717, 1.165) is 57.3 Å². The van der Waals surface area contributed by atoms with Gasteiger partial charge in [0, 0.05) is 18.4 Å². The topological polar surface area (TPSA) is 67.8 Å². The molecule has 0 aromatic rings. The van der Waals surface area contributed by atoms with E-state index in [9.17, 15) is 9.59 Å². The second kappa shape index (κ2) is 8.20. The van der Waals surface area contributed by atoms with Crippen LogP contribution in [0, 0.1) is 34.5 Å². The minimum atomic E-state index is -0.192. The van der Waals surface area contributed by atoms with E-state index >= 15 is 0 Å². The molecule has 0 amide bonds. The first-order valence-electron chi connectivity index (χ1n) is 11.9. The number of nitrogens with zero attached hydrogens (tertiary/aromatic N) is 1. The lowest BCUT2D eigenvalue weighted by Crippen LogP contribution is -2.60. The van der Waals surface area contributed by atoms with E-state index in [0.29, 0.717) is 18.3 Å². The second-order valence-corrected chi connectivity index (χ2v) is 11.0. The van der Waals surface area contributed by atoms with Gasteiger partial charge in [-0.3, -0.25) is 9.59 Å². The molecule has 6 heteroatoms. The molecule has 1 heterocycles. The van der Waals surface area contributed by atoms with Crippen LogP contribution in [0.25, 0.3) is 0 Å². The quantitative estimate of drug-likeness (QED) is 0.517. The molecule has 0 spiro atoms. The predicted molar refractivity (Wildman–Crippen MR) is 119 cm³/mol. The zero-order valence-electron chi connectivity index (χ0n) is 18.5. The van der Waals surface area contributed by atoms with Crippen molar-refractivity contribution in [2.75, 3.05) is 13.1 Å². The average molecular weight is 437 g/mol. The highest BCUT2D eigenvalue weighted by atomic mass is 35.5. The van der Waals surface area contributed by atoms with Crippen molar-refractivity contribution in [3.63, 3.8) is 0 Å². The van der Waals surface area contributed by atoms with Gasteiger partial charge in [0.15, 0.2) is 0 Å². The summed E-state index contributed by atoms with van der Waals surface area (Å²) in [6, 6.07) is 0. The summed E-state index contributed by atoms with van der Waals surface area (Å²) in [5, 5.41) is 7.82. The van der Waals surface area contributed by atoms with Gasteiger partial charge in [0.2, 0.25) is 11.6 Å². The van der Waals surface area contributed by atoms with Crippen molar-refractivity contribution in [1.82, 2.24) is 5.32 Å². The van der Waals surface area contributed by atoms with Gasteiger partial charge in [-0.2, -0.15) is 0 Å². The summed E-state index contributed by atoms with van der Waals surface area (Å²) in [7, 11) is 0. The van der Waals surface area contributed by atoms with Crippen LogP contribution in [-0.4, -0.2) is 36.5 Å². The number of carbonyl (C=O) groups is 2. The zero-order chi connectivity index (χ0) is 20.2. The number of hydrogen-bond acceptors (Lipinski definition) is 5. The summed E-state index contributed by atoms with van der Waals surface area (Å²) >= 11 is 0. The Kier molecular flexibility index (Phi) is 6.08. The third kappa shape index (κ3) is 3.44. The summed E-state index contributed by atoms with van der Waals surface area (Å²) in [6.45, 7) is 6.57. The molecule has 0 unspecified atom stereocenters. The number of piperidine rings is 1. The Balaban J connectivity index is 0.00000218. The van der Waals surface area contributed by atoms with Gasteiger partial charge in [-0.15, -0.1) is 12.4 Å². The highest BCUT2D eigenvalue weighted by molar-refractivity contribution is 6.40. The number of hydrogen-bond donors (Lipinski definition) is 1. The summed E-state index contributed by atoms with van der Waals surface area (Å²) < 4.78 is 0. The molecule has 4 aliphatic carbocycles. The molecule has 1 aliphatic heterocycles. The fourth-order valence-electron chi connectivity index (χ4n) is 7.71. The van der Waals surface area contributed by atoms with E-state index in [1.165, 1.54) is 19.3 Å². The number of Topliss-reactive ketones (excluding diaryl/α,β-unsaturated/α-hetero) is 2. The van der Waals surface area contributed by atoms with Crippen molar-refractivity contribution < 1.29 is 14.4 Å².